The van der Waals surface area contributed by atoms with E-state index in [9.17, 15) is 14.4 Å². The molecule has 0 radical (unpaired) electrons. The number of nitrogens with zero attached hydrogens (tertiary/aromatic N) is 1. The van der Waals surface area contributed by atoms with Crippen molar-refractivity contribution in [1.29, 1.82) is 0 Å². The third-order valence-electron chi connectivity index (χ3n) is 5.82. The quantitative estimate of drug-likeness (QED) is 0.740. The molecule has 2 unspecified atom stereocenters. The summed E-state index contributed by atoms with van der Waals surface area (Å²) in [5.74, 6) is -0.189. The minimum atomic E-state index is -0.443. The molecule has 2 N–H and O–H groups in total. The van der Waals surface area contributed by atoms with Gasteiger partial charge in [-0.2, -0.15) is 0 Å². The van der Waals surface area contributed by atoms with Crippen molar-refractivity contribution >= 4 is 17.7 Å². The maximum atomic E-state index is 12.2. The molecule has 0 aromatic carbocycles. The van der Waals surface area contributed by atoms with Gasteiger partial charge in [0.1, 0.15) is 6.10 Å². The molecular formula is C18H31N3O4. The van der Waals surface area contributed by atoms with Crippen molar-refractivity contribution in [2.75, 3.05) is 26.7 Å². The van der Waals surface area contributed by atoms with Gasteiger partial charge in [0.05, 0.1) is 6.54 Å². The van der Waals surface area contributed by atoms with Crippen LogP contribution in [-0.4, -0.2) is 61.5 Å². The molecule has 2 atom stereocenters. The average Bonchev–Trinajstić information content (AvgIpc) is 3.00. The van der Waals surface area contributed by atoms with Gasteiger partial charge < -0.3 is 20.3 Å². The summed E-state index contributed by atoms with van der Waals surface area (Å²) in [5.41, 5.74) is 0.0898. The molecule has 2 fully saturated rings. The normalized spacial score (nSPS) is 23.3. The van der Waals surface area contributed by atoms with Crippen LogP contribution in [0.5, 0.6) is 0 Å². The van der Waals surface area contributed by atoms with Gasteiger partial charge in [0.15, 0.2) is 0 Å². The summed E-state index contributed by atoms with van der Waals surface area (Å²) in [7, 11) is 1.54. The third-order valence-corrected chi connectivity index (χ3v) is 5.82. The first-order valence-electron chi connectivity index (χ1n) is 9.29. The molecule has 1 saturated heterocycles. The minimum absolute atomic E-state index is 0.0248. The summed E-state index contributed by atoms with van der Waals surface area (Å²) in [6, 6.07) is 0.162. The molecule has 0 aromatic rings. The highest BCUT2D eigenvalue weighted by Crippen LogP contribution is 2.46. The number of likely N-dealkylation sites (tertiary alicyclic amines) is 1. The summed E-state index contributed by atoms with van der Waals surface area (Å²) >= 11 is 0. The Labute approximate surface area is 149 Å². The number of rotatable bonds is 6. The van der Waals surface area contributed by atoms with Crippen molar-refractivity contribution in [3.63, 3.8) is 0 Å². The number of carbonyl (C=O) groups excluding carboxylic acids is 3. The second kappa shape index (κ2) is 8.65. The van der Waals surface area contributed by atoms with E-state index >= 15 is 0 Å². The number of hydrogen-bond acceptors (Lipinski definition) is 4. The monoisotopic (exact) mass is 353 g/mol. The van der Waals surface area contributed by atoms with Crippen LogP contribution in [-0.2, 0) is 19.1 Å². The lowest BCUT2D eigenvalue weighted by Crippen LogP contribution is -2.53. The molecule has 7 nitrogen and oxygen atoms in total. The minimum Gasteiger partial charge on any atom is -0.372 e. The lowest BCUT2D eigenvalue weighted by molar-refractivity contribution is -0.136. The van der Waals surface area contributed by atoms with Gasteiger partial charge in [0, 0.05) is 32.7 Å². The van der Waals surface area contributed by atoms with Crippen LogP contribution < -0.4 is 10.6 Å². The number of nitrogens with one attached hydrogen (secondary N) is 2. The Balaban J connectivity index is 1.87. The predicted octanol–water partition coefficient (Wildman–Crippen LogP) is 0.825. The highest BCUT2D eigenvalue weighted by atomic mass is 16.5. The molecular weight excluding hydrogens is 322 g/mol. The van der Waals surface area contributed by atoms with E-state index in [1.165, 1.54) is 7.11 Å². The van der Waals surface area contributed by atoms with Crippen LogP contribution in [0.1, 0.15) is 52.4 Å². The molecule has 0 aromatic heterocycles. The zero-order valence-corrected chi connectivity index (χ0v) is 15.6. The van der Waals surface area contributed by atoms with Gasteiger partial charge >= 0.3 is 0 Å². The van der Waals surface area contributed by atoms with Crippen LogP contribution in [0.3, 0.4) is 0 Å². The van der Waals surface area contributed by atoms with Crippen LogP contribution in [0, 0.1) is 5.41 Å². The van der Waals surface area contributed by atoms with E-state index in [1.54, 1.807) is 13.8 Å². The molecule has 25 heavy (non-hydrogen) atoms. The van der Waals surface area contributed by atoms with Crippen molar-refractivity contribution in [1.82, 2.24) is 15.5 Å². The third kappa shape index (κ3) is 4.71. The van der Waals surface area contributed by atoms with E-state index in [4.69, 9.17) is 4.74 Å². The molecule has 7 heteroatoms. The summed E-state index contributed by atoms with van der Waals surface area (Å²) < 4.78 is 5.10. The first-order valence-corrected chi connectivity index (χ1v) is 9.29. The summed E-state index contributed by atoms with van der Waals surface area (Å²) in [4.78, 5) is 37.5. The number of ether oxygens (including phenoxy) is 1. The smallest absolute Gasteiger partial charge is 0.249 e. The Morgan fingerprint density at radius 2 is 1.92 bits per heavy atom. The summed E-state index contributed by atoms with van der Waals surface area (Å²) in [5, 5.41) is 5.80. The highest BCUT2D eigenvalue weighted by molar-refractivity contribution is 5.84. The van der Waals surface area contributed by atoms with Crippen LogP contribution >= 0.6 is 0 Å². The lowest BCUT2D eigenvalue weighted by atomic mass is 9.74. The second-order valence-corrected chi connectivity index (χ2v) is 7.20. The number of hydrogen-bond donors (Lipinski definition) is 2. The number of methoxy groups -OCH3 is 1. The van der Waals surface area contributed by atoms with Gasteiger partial charge in [0.2, 0.25) is 17.7 Å². The molecule has 3 amide bonds. The van der Waals surface area contributed by atoms with E-state index in [0.29, 0.717) is 19.5 Å². The fraction of sp³-hybridized carbons (Fsp3) is 0.833. The Morgan fingerprint density at radius 3 is 2.52 bits per heavy atom. The Bertz CT molecular complexity index is 501. The molecule has 1 aliphatic heterocycles. The predicted molar refractivity (Wildman–Crippen MR) is 93.8 cm³/mol. The molecule has 0 bridgehead atoms. The van der Waals surface area contributed by atoms with E-state index in [-0.39, 0.29) is 35.7 Å². The molecule has 1 heterocycles. The van der Waals surface area contributed by atoms with E-state index in [1.807, 2.05) is 4.90 Å². The van der Waals surface area contributed by atoms with Crippen molar-refractivity contribution in [2.24, 2.45) is 5.41 Å². The fourth-order valence-corrected chi connectivity index (χ4v) is 3.97. The second-order valence-electron chi connectivity index (χ2n) is 7.20. The molecule has 2 rings (SSSR count). The number of carbonyl (C=O) groups is 3. The zero-order valence-electron chi connectivity index (χ0n) is 15.6. The molecule has 1 saturated carbocycles. The molecule has 1 aliphatic carbocycles. The topological polar surface area (TPSA) is 87.7 Å². The highest BCUT2D eigenvalue weighted by Gasteiger charge is 2.46. The molecule has 2 aliphatic rings. The molecule has 1 spiro atoms. The van der Waals surface area contributed by atoms with Crippen LogP contribution in [0.2, 0.25) is 0 Å². The zero-order chi connectivity index (χ0) is 18.4. The fourth-order valence-electron chi connectivity index (χ4n) is 3.97. The number of piperidine rings is 1. The van der Waals surface area contributed by atoms with Gasteiger partial charge in [0.25, 0.3) is 0 Å². The van der Waals surface area contributed by atoms with E-state index in [2.05, 4.69) is 10.6 Å². The van der Waals surface area contributed by atoms with Gasteiger partial charge in [-0.15, -0.1) is 0 Å². The van der Waals surface area contributed by atoms with Crippen LogP contribution in [0.25, 0.3) is 0 Å². The van der Waals surface area contributed by atoms with Gasteiger partial charge in [-0.1, -0.05) is 13.3 Å². The number of amides is 3. The standard InChI is InChI=1S/C18H31N3O4/c1-4-15(22)19-12-16(23)21-10-8-18(9-11-21)7-5-6-14(18)20-17(24)13(2)25-3/h13-14H,4-12H2,1-3H3,(H,19,22)(H,20,24). The molecule has 142 valence electrons. The van der Waals surface area contributed by atoms with Gasteiger partial charge in [-0.3, -0.25) is 14.4 Å². The van der Waals surface area contributed by atoms with Crippen molar-refractivity contribution < 1.29 is 19.1 Å². The van der Waals surface area contributed by atoms with Crippen LogP contribution in [0.4, 0.5) is 0 Å². The van der Waals surface area contributed by atoms with E-state index in [0.717, 1.165) is 32.1 Å². The van der Waals surface area contributed by atoms with Gasteiger partial charge in [-0.25, -0.2) is 0 Å². The Morgan fingerprint density at radius 1 is 1.24 bits per heavy atom. The van der Waals surface area contributed by atoms with Gasteiger partial charge in [-0.05, 0) is 38.0 Å². The Kier molecular flexibility index (Phi) is 6.81. The van der Waals surface area contributed by atoms with E-state index < -0.39 is 6.10 Å². The SMILES string of the molecule is CCC(=O)NCC(=O)N1CCC2(CCCC2NC(=O)C(C)OC)CC1. The largest absolute Gasteiger partial charge is 0.372 e. The van der Waals surface area contributed by atoms with Crippen LogP contribution in [0.15, 0.2) is 0 Å². The lowest BCUT2D eigenvalue weighted by Gasteiger charge is -2.43. The Hall–Kier alpha value is -1.63. The van der Waals surface area contributed by atoms with Crippen molar-refractivity contribution in [3.05, 3.63) is 0 Å². The summed E-state index contributed by atoms with van der Waals surface area (Å²) in [6.07, 6.45) is 4.92. The van der Waals surface area contributed by atoms with Crippen molar-refractivity contribution in [2.45, 2.75) is 64.5 Å². The maximum absolute atomic E-state index is 12.2. The first kappa shape index (κ1) is 19.7. The maximum Gasteiger partial charge on any atom is 0.249 e. The first-order chi connectivity index (χ1) is 11.9. The average molecular weight is 353 g/mol. The summed E-state index contributed by atoms with van der Waals surface area (Å²) in [6.45, 7) is 4.97. The van der Waals surface area contributed by atoms with Crippen molar-refractivity contribution in [3.8, 4) is 0 Å².